The molecule has 0 radical (unpaired) electrons. The lowest BCUT2D eigenvalue weighted by Crippen LogP contribution is -2.46. The molecule has 0 aliphatic carbocycles. The summed E-state index contributed by atoms with van der Waals surface area (Å²) in [4.78, 5) is 16.8. The van der Waals surface area contributed by atoms with E-state index in [4.69, 9.17) is 21.9 Å². The van der Waals surface area contributed by atoms with Gasteiger partial charge in [-0.1, -0.05) is 16.7 Å². The van der Waals surface area contributed by atoms with E-state index in [1.54, 1.807) is 23.1 Å². The molecule has 20 heavy (non-hydrogen) atoms. The van der Waals surface area contributed by atoms with Crippen molar-refractivity contribution in [3.63, 3.8) is 0 Å². The van der Waals surface area contributed by atoms with Crippen molar-refractivity contribution in [2.45, 2.75) is 13.0 Å². The molecule has 1 aromatic carbocycles. The molecule has 1 aromatic rings. The number of ether oxygens (including phenoxy) is 1. The van der Waals surface area contributed by atoms with Crippen LogP contribution < -0.4 is 0 Å². The Kier molecular flexibility index (Phi) is 4.84. The summed E-state index contributed by atoms with van der Waals surface area (Å²) >= 11 is 5.96. The van der Waals surface area contributed by atoms with E-state index in [0.29, 0.717) is 30.3 Å². The smallest absolute Gasteiger partial charge is 0.254 e. The van der Waals surface area contributed by atoms with Crippen molar-refractivity contribution in [2.24, 2.45) is 5.11 Å². The van der Waals surface area contributed by atoms with Crippen molar-refractivity contribution in [3.8, 4) is 0 Å². The lowest BCUT2D eigenvalue weighted by atomic mass is 10.1. The SMILES string of the molecule is Cc1cc(C(=O)N2CCO[C@H](CN=[N+]=[N-])C2)ccc1Cl. The Hall–Kier alpha value is -1.75. The van der Waals surface area contributed by atoms with E-state index in [1.807, 2.05) is 6.92 Å². The quantitative estimate of drug-likeness (QED) is 0.488. The lowest BCUT2D eigenvalue weighted by Gasteiger charge is -2.32. The summed E-state index contributed by atoms with van der Waals surface area (Å²) in [7, 11) is 0. The Labute approximate surface area is 121 Å². The van der Waals surface area contributed by atoms with Crippen molar-refractivity contribution in [1.29, 1.82) is 0 Å². The fourth-order valence-electron chi connectivity index (χ4n) is 2.10. The van der Waals surface area contributed by atoms with Crippen LogP contribution >= 0.6 is 11.6 Å². The largest absolute Gasteiger partial charge is 0.374 e. The molecule has 0 spiro atoms. The zero-order chi connectivity index (χ0) is 14.5. The number of hydrogen-bond donors (Lipinski definition) is 0. The highest BCUT2D eigenvalue weighted by atomic mass is 35.5. The average Bonchev–Trinajstić information content (AvgIpc) is 2.47. The van der Waals surface area contributed by atoms with Gasteiger partial charge in [0.05, 0.1) is 19.3 Å². The second-order valence-electron chi connectivity index (χ2n) is 4.62. The van der Waals surface area contributed by atoms with Gasteiger partial charge in [-0.05, 0) is 36.2 Å². The Bertz CT molecular complexity index is 557. The van der Waals surface area contributed by atoms with Gasteiger partial charge >= 0.3 is 0 Å². The molecule has 1 aliphatic heterocycles. The number of azide groups is 1. The van der Waals surface area contributed by atoms with E-state index in [2.05, 4.69) is 10.0 Å². The first-order valence-electron chi connectivity index (χ1n) is 6.29. The van der Waals surface area contributed by atoms with Crippen LogP contribution in [0.2, 0.25) is 5.02 Å². The number of aryl methyl sites for hydroxylation is 1. The Morgan fingerprint density at radius 3 is 3.15 bits per heavy atom. The number of nitrogens with zero attached hydrogens (tertiary/aromatic N) is 4. The molecule has 1 heterocycles. The molecule has 0 N–H and O–H groups in total. The van der Waals surface area contributed by atoms with Crippen LogP contribution in [0.3, 0.4) is 0 Å². The number of hydrogen-bond acceptors (Lipinski definition) is 3. The molecule has 7 heteroatoms. The molecule has 1 fully saturated rings. The van der Waals surface area contributed by atoms with Crippen molar-refractivity contribution < 1.29 is 9.53 Å². The van der Waals surface area contributed by atoms with E-state index < -0.39 is 0 Å². The van der Waals surface area contributed by atoms with Crippen LogP contribution in [0.1, 0.15) is 15.9 Å². The molecular formula is C13H15ClN4O2. The van der Waals surface area contributed by atoms with Crippen LogP contribution in [0.4, 0.5) is 0 Å². The highest BCUT2D eigenvalue weighted by Gasteiger charge is 2.24. The molecule has 6 nitrogen and oxygen atoms in total. The van der Waals surface area contributed by atoms with E-state index >= 15 is 0 Å². The number of halogens is 1. The molecule has 1 saturated heterocycles. The summed E-state index contributed by atoms with van der Waals surface area (Å²) in [6.07, 6.45) is -0.239. The lowest BCUT2D eigenvalue weighted by molar-refractivity contribution is -0.0167. The van der Waals surface area contributed by atoms with Gasteiger partial charge in [0.1, 0.15) is 0 Å². The molecule has 0 saturated carbocycles. The minimum absolute atomic E-state index is 0.0565. The Balaban J connectivity index is 2.07. The van der Waals surface area contributed by atoms with E-state index in [9.17, 15) is 4.79 Å². The van der Waals surface area contributed by atoms with Crippen LogP contribution in [0, 0.1) is 6.92 Å². The minimum atomic E-state index is -0.239. The second kappa shape index (κ2) is 6.61. The highest BCUT2D eigenvalue weighted by Crippen LogP contribution is 2.18. The molecular weight excluding hydrogens is 280 g/mol. The monoisotopic (exact) mass is 294 g/mol. The normalized spacial score (nSPS) is 18.5. The summed E-state index contributed by atoms with van der Waals surface area (Å²) in [5.41, 5.74) is 9.80. The van der Waals surface area contributed by atoms with Crippen LogP contribution in [0.25, 0.3) is 10.4 Å². The van der Waals surface area contributed by atoms with Gasteiger partial charge < -0.3 is 9.64 Å². The summed E-state index contributed by atoms with van der Waals surface area (Å²) in [5, 5.41) is 4.13. The zero-order valence-electron chi connectivity index (χ0n) is 11.1. The predicted octanol–water partition coefficient (Wildman–Crippen LogP) is 2.80. The predicted molar refractivity (Wildman–Crippen MR) is 75.8 cm³/mol. The van der Waals surface area contributed by atoms with Gasteiger partial charge in [-0.3, -0.25) is 4.79 Å². The maximum atomic E-state index is 12.4. The van der Waals surface area contributed by atoms with Gasteiger partial charge in [0.2, 0.25) is 0 Å². The third-order valence-electron chi connectivity index (χ3n) is 3.18. The summed E-state index contributed by atoms with van der Waals surface area (Å²) in [6, 6.07) is 5.22. The van der Waals surface area contributed by atoms with Gasteiger partial charge in [-0.2, -0.15) is 0 Å². The van der Waals surface area contributed by atoms with Crippen molar-refractivity contribution >= 4 is 17.5 Å². The molecule has 0 bridgehead atoms. The fourth-order valence-corrected chi connectivity index (χ4v) is 2.22. The van der Waals surface area contributed by atoms with Crippen molar-refractivity contribution in [3.05, 3.63) is 44.8 Å². The molecule has 0 unspecified atom stereocenters. The van der Waals surface area contributed by atoms with E-state index in [-0.39, 0.29) is 18.6 Å². The van der Waals surface area contributed by atoms with Gasteiger partial charge in [0, 0.05) is 28.6 Å². The standard InChI is InChI=1S/C13H15ClN4O2/c1-9-6-10(2-3-12(9)14)13(19)18-4-5-20-11(8-18)7-16-17-15/h2-3,6,11H,4-5,7-8H2,1H3/t11-/m1/s1. The molecule has 2 rings (SSSR count). The fraction of sp³-hybridized carbons (Fsp3) is 0.462. The molecule has 1 atom stereocenters. The van der Waals surface area contributed by atoms with Gasteiger partial charge in [-0.25, -0.2) is 0 Å². The molecule has 1 aliphatic rings. The first kappa shape index (κ1) is 14.7. The topological polar surface area (TPSA) is 78.3 Å². The number of benzene rings is 1. The van der Waals surface area contributed by atoms with Crippen LogP contribution in [-0.2, 0) is 4.74 Å². The van der Waals surface area contributed by atoms with Crippen molar-refractivity contribution in [1.82, 2.24) is 4.90 Å². The van der Waals surface area contributed by atoms with Crippen LogP contribution in [-0.4, -0.2) is 43.2 Å². The first-order chi connectivity index (χ1) is 9.61. The zero-order valence-corrected chi connectivity index (χ0v) is 11.9. The second-order valence-corrected chi connectivity index (χ2v) is 5.03. The minimum Gasteiger partial charge on any atom is -0.374 e. The van der Waals surface area contributed by atoms with E-state index in [0.717, 1.165) is 5.56 Å². The third-order valence-corrected chi connectivity index (χ3v) is 3.60. The summed E-state index contributed by atoms with van der Waals surface area (Å²) in [6.45, 7) is 3.51. The van der Waals surface area contributed by atoms with Gasteiger partial charge in [0.25, 0.3) is 5.91 Å². The average molecular weight is 295 g/mol. The van der Waals surface area contributed by atoms with Crippen molar-refractivity contribution in [2.75, 3.05) is 26.2 Å². The van der Waals surface area contributed by atoms with Gasteiger partial charge in [0.15, 0.2) is 0 Å². The van der Waals surface area contributed by atoms with E-state index in [1.165, 1.54) is 0 Å². The first-order valence-corrected chi connectivity index (χ1v) is 6.67. The number of carbonyl (C=O) groups excluding carboxylic acids is 1. The highest BCUT2D eigenvalue weighted by molar-refractivity contribution is 6.31. The number of morpholine rings is 1. The summed E-state index contributed by atoms with van der Waals surface area (Å²) < 4.78 is 5.46. The Morgan fingerprint density at radius 2 is 2.45 bits per heavy atom. The number of carbonyl (C=O) groups is 1. The maximum absolute atomic E-state index is 12.4. The van der Waals surface area contributed by atoms with Gasteiger partial charge in [-0.15, -0.1) is 0 Å². The van der Waals surface area contributed by atoms with Crippen LogP contribution in [0.15, 0.2) is 23.3 Å². The summed E-state index contributed by atoms with van der Waals surface area (Å²) in [5.74, 6) is -0.0565. The molecule has 106 valence electrons. The molecule has 0 aromatic heterocycles. The Morgan fingerprint density at radius 1 is 1.65 bits per heavy atom. The van der Waals surface area contributed by atoms with Crippen LogP contribution in [0.5, 0.6) is 0 Å². The third kappa shape index (κ3) is 3.42. The number of rotatable bonds is 3. The number of amides is 1. The maximum Gasteiger partial charge on any atom is 0.254 e. The molecule has 1 amide bonds.